The molecular weight excluding hydrogens is 370 g/mol. The Bertz CT molecular complexity index is 1040. The largest absolute Gasteiger partial charge is 0.293 e. The molecule has 27 heavy (non-hydrogen) atoms. The van der Waals surface area contributed by atoms with E-state index >= 15 is 0 Å². The fourth-order valence-electron chi connectivity index (χ4n) is 3.47. The highest BCUT2D eigenvalue weighted by atomic mass is 32.1. The molecule has 0 radical (unpaired) electrons. The van der Waals surface area contributed by atoms with Gasteiger partial charge in [-0.25, -0.2) is 9.97 Å². The molecule has 0 amide bonds. The van der Waals surface area contributed by atoms with Gasteiger partial charge in [-0.1, -0.05) is 36.4 Å². The zero-order valence-electron chi connectivity index (χ0n) is 14.8. The van der Waals surface area contributed by atoms with Gasteiger partial charge >= 0.3 is 0 Å². The van der Waals surface area contributed by atoms with Crippen LogP contribution >= 0.6 is 22.7 Å². The van der Waals surface area contributed by atoms with Crippen LogP contribution in [0.25, 0.3) is 21.1 Å². The number of benzene rings is 1. The van der Waals surface area contributed by atoms with Crippen molar-refractivity contribution in [2.75, 3.05) is 6.54 Å². The lowest BCUT2D eigenvalue weighted by molar-refractivity contribution is 0.245. The Balaban J connectivity index is 1.30. The fourth-order valence-corrected chi connectivity index (χ4v) is 5.20. The van der Waals surface area contributed by atoms with E-state index in [0.29, 0.717) is 0 Å². The molecule has 3 nitrogen and oxygen atoms in total. The molecule has 3 aromatic heterocycles. The third-order valence-electron chi connectivity index (χ3n) is 4.85. The number of thiophene rings is 2. The zero-order chi connectivity index (χ0) is 18.1. The summed E-state index contributed by atoms with van der Waals surface area (Å²) in [5.74, 6) is 0.864. The molecule has 0 fully saturated rings. The Labute approximate surface area is 167 Å². The third kappa shape index (κ3) is 3.58. The van der Waals surface area contributed by atoms with E-state index in [1.54, 1.807) is 11.3 Å². The summed E-state index contributed by atoms with van der Waals surface area (Å²) in [6, 6.07) is 19.3. The Morgan fingerprint density at radius 1 is 0.963 bits per heavy atom. The standard InChI is InChI=1S/C22H19N3S2/c1-2-5-16(6-3-1)20-9-8-18(27-20)15-25-11-10-19-17(14-25)13-23-22(24-19)21-7-4-12-26-21/h1-9,12-13H,10-11,14-15H2. The lowest BCUT2D eigenvalue weighted by Crippen LogP contribution is -2.30. The zero-order valence-corrected chi connectivity index (χ0v) is 16.5. The van der Waals surface area contributed by atoms with Crippen molar-refractivity contribution < 1.29 is 0 Å². The highest BCUT2D eigenvalue weighted by molar-refractivity contribution is 7.15. The number of hydrogen-bond donors (Lipinski definition) is 0. The van der Waals surface area contributed by atoms with Crippen molar-refractivity contribution in [2.45, 2.75) is 19.5 Å². The summed E-state index contributed by atoms with van der Waals surface area (Å²) in [5.41, 5.74) is 3.77. The molecule has 5 rings (SSSR count). The summed E-state index contributed by atoms with van der Waals surface area (Å²) in [7, 11) is 0. The van der Waals surface area contributed by atoms with Gasteiger partial charge in [0, 0.05) is 47.6 Å². The molecule has 1 aromatic carbocycles. The van der Waals surface area contributed by atoms with E-state index in [1.165, 1.54) is 26.6 Å². The summed E-state index contributed by atoms with van der Waals surface area (Å²) in [4.78, 5) is 15.8. The van der Waals surface area contributed by atoms with E-state index in [4.69, 9.17) is 4.98 Å². The van der Waals surface area contributed by atoms with Crippen LogP contribution in [0.5, 0.6) is 0 Å². The van der Waals surface area contributed by atoms with Gasteiger partial charge in [-0.3, -0.25) is 4.90 Å². The van der Waals surface area contributed by atoms with Gasteiger partial charge in [0.25, 0.3) is 0 Å². The molecule has 0 unspecified atom stereocenters. The molecule has 4 aromatic rings. The van der Waals surface area contributed by atoms with Crippen LogP contribution in [0.4, 0.5) is 0 Å². The third-order valence-corrected chi connectivity index (χ3v) is 6.84. The van der Waals surface area contributed by atoms with Gasteiger partial charge in [0.15, 0.2) is 5.82 Å². The molecule has 0 atom stereocenters. The molecule has 0 bridgehead atoms. The van der Waals surface area contributed by atoms with Crippen LogP contribution in [0, 0.1) is 0 Å². The van der Waals surface area contributed by atoms with Gasteiger partial charge in [-0.05, 0) is 29.1 Å². The van der Waals surface area contributed by atoms with Crippen LogP contribution in [-0.2, 0) is 19.5 Å². The minimum Gasteiger partial charge on any atom is -0.293 e. The van der Waals surface area contributed by atoms with Gasteiger partial charge < -0.3 is 0 Å². The second-order valence-corrected chi connectivity index (χ2v) is 8.85. The first-order valence-corrected chi connectivity index (χ1v) is 10.8. The first-order chi connectivity index (χ1) is 13.3. The summed E-state index contributed by atoms with van der Waals surface area (Å²) in [5, 5.41) is 2.07. The molecule has 0 saturated heterocycles. The number of aromatic nitrogens is 2. The number of nitrogens with zero attached hydrogens (tertiary/aromatic N) is 3. The second-order valence-electron chi connectivity index (χ2n) is 6.74. The number of hydrogen-bond acceptors (Lipinski definition) is 5. The van der Waals surface area contributed by atoms with E-state index in [9.17, 15) is 0 Å². The topological polar surface area (TPSA) is 29.0 Å². The smallest absolute Gasteiger partial charge is 0.169 e. The monoisotopic (exact) mass is 389 g/mol. The molecule has 4 heterocycles. The van der Waals surface area contributed by atoms with Crippen LogP contribution in [0.15, 0.2) is 66.2 Å². The van der Waals surface area contributed by atoms with Gasteiger partial charge in [0.2, 0.25) is 0 Å². The van der Waals surface area contributed by atoms with Crippen molar-refractivity contribution in [1.82, 2.24) is 14.9 Å². The Morgan fingerprint density at radius 3 is 2.74 bits per heavy atom. The average Bonchev–Trinajstić information content (AvgIpc) is 3.41. The number of rotatable bonds is 4. The SMILES string of the molecule is c1ccc(-c2ccc(CN3CCc4nc(-c5cccs5)ncc4C3)s2)cc1. The molecule has 1 aliphatic heterocycles. The maximum absolute atomic E-state index is 4.82. The minimum absolute atomic E-state index is 0.864. The van der Waals surface area contributed by atoms with Crippen LogP contribution in [-0.4, -0.2) is 21.4 Å². The van der Waals surface area contributed by atoms with Crippen molar-refractivity contribution in [2.24, 2.45) is 0 Å². The fraction of sp³-hybridized carbons (Fsp3) is 0.182. The van der Waals surface area contributed by atoms with E-state index in [1.807, 2.05) is 17.5 Å². The molecule has 0 aliphatic carbocycles. The van der Waals surface area contributed by atoms with E-state index in [-0.39, 0.29) is 0 Å². The maximum Gasteiger partial charge on any atom is 0.169 e. The Kier molecular flexibility index (Phi) is 4.57. The number of fused-ring (bicyclic) bond motifs is 1. The summed E-state index contributed by atoms with van der Waals surface area (Å²) < 4.78 is 0. The van der Waals surface area contributed by atoms with Crippen molar-refractivity contribution in [3.05, 3.63) is 82.3 Å². The first-order valence-electron chi connectivity index (χ1n) is 9.10. The van der Waals surface area contributed by atoms with Crippen molar-refractivity contribution in [3.8, 4) is 21.1 Å². The molecule has 0 saturated carbocycles. The normalized spacial score (nSPS) is 14.2. The van der Waals surface area contributed by atoms with Crippen LogP contribution in [0.3, 0.4) is 0 Å². The molecule has 134 valence electrons. The highest BCUT2D eigenvalue weighted by Crippen LogP contribution is 2.30. The van der Waals surface area contributed by atoms with Crippen LogP contribution in [0.2, 0.25) is 0 Å². The summed E-state index contributed by atoms with van der Waals surface area (Å²) >= 11 is 3.59. The maximum atomic E-state index is 4.82. The van der Waals surface area contributed by atoms with Crippen LogP contribution < -0.4 is 0 Å². The van der Waals surface area contributed by atoms with Crippen LogP contribution in [0.1, 0.15) is 16.1 Å². The highest BCUT2D eigenvalue weighted by Gasteiger charge is 2.19. The summed E-state index contributed by atoms with van der Waals surface area (Å²) in [6.07, 6.45) is 3.01. The minimum atomic E-state index is 0.864. The average molecular weight is 390 g/mol. The van der Waals surface area contributed by atoms with Gasteiger partial charge in [0.05, 0.1) is 10.6 Å². The second kappa shape index (κ2) is 7.35. The summed E-state index contributed by atoms with van der Waals surface area (Å²) in [6.45, 7) is 2.97. The Hall–Kier alpha value is -2.34. The first kappa shape index (κ1) is 16.8. The molecule has 0 N–H and O–H groups in total. The predicted octanol–water partition coefficient (Wildman–Crippen LogP) is 5.49. The van der Waals surface area contributed by atoms with Gasteiger partial charge in [-0.2, -0.15) is 0 Å². The van der Waals surface area contributed by atoms with E-state index in [2.05, 4.69) is 69.9 Å². The quantitative estimate of drug-likeness (QED) is 0.462. The predicted molar refractivity (Wildman–Crippen MR) is 113 cm³/mol. The van der Waals surface area contributed by atoms with Crippen molar-refractivity contribution in [1.29, 1.82) is 0 Å². The molecular formula is C22H19N3S2. The lowest BCUT2D eigenvalue weighted by Gasteiger charge is -2.27. The lowest BCUT2D eigenvalue weighted by atomic mass is 10.1. The molecule has 1 aliphatic rings. The van der Waals surface area contributed by atoms with Crippen molar-refractivity contribution >= 4 is 22.7 Å². The van der Waals surface area contributed by atoms with Gasteiger partial charge in [0.1, 0.15) is 0 Å². The molecule has 5 heteroatoms. The van der Waals surface area contributed by atoms with Crippen molar-refractivity contribution in [3.63, 3.8) is 0 Å². The van der Waals surface area contributed by atoms with E-state index in [0.717, 1.165) is 36.8 Å². The van der Waals surface area contributed by atoms with Gasteiger partial charge in [-0.15, -0.1) is 22.7 Å². The Morgan fingerprint density at radius 2 is 1.89 bits per heavy atom. The van der Waals surface area contributed by atoms with E-state index < -0.39 is 0 Å². The molecule has 0 spiro atoms.